The van der Waals surface area contributed by atoms with Crippen molar-refractivity contribution in [2.45, 2.75) is 6.92 Å². The van der Waals surface area contributed by atoms with Gasteiger partial charge < -0.3 is 15.2 Å². The van der Waals surface area contributed by atoms with Gasteiger partial charge in [0.25, 0.3) is 11.8 Å². The number of carbonyl (C=O) groups excluding carboxylic acids is 2. The Morgan fingerprint density at radius 2 is 1.00 bits per heavy atom. The van der Waals surface area contributed by atoms with E-state index in [0.717, 1.165) is 5.56 Å². The van der Waals surface area contributed by atoms with Crippen LogP contribution in [0.3, 0.4) is 0 Å². The zero-order chi connectivity index (χ0) is 28.7. The molecule has 0 bridgehead atoms. The molecule has 5 nitrogen and oxygen atoms in total. The molecular formula is C35H29N2O3P. The number of hydrogen-bond acceptors (Lipinski definition) is 3. The Hall–Kier alpha value is -4.99. The molecule has 5 aromatic rings. The van der Waals surface area contributed by atoms with E-state index in [9.17, 15) is 9.59 Å². The molecule has 6 heteroatoms. The Kier molecular flexibility index (Phi) is 8.38. The number of carbonyl (C=O) groups is 2. The van der Waals surface area contributed by atoms with Gasteiger partial charge in [-0.3, -0.25) is 9.59 Å². The molecule has 2 amide bonds. The summed E-state index contributed by atoms with van der Waals surface area (Å²) in [6.07, 6.45) is 0. The minimum Gasteiger partial charge on any atom is -0.321 e. The summed E-state index contributed by atoms with van der Waals surface area (Å²) >= 11 is 0. The van der Waals surface area contributed by atoms with Gasteiger partial charge in [-0.05, 0) is 36.8 Å². The summed E-state index contributed by atoms with van der Waals surface area (Å²) in [5.74, 6) is -1.06. The maximum Gasteiger partial charge on any atom is 0.273 e. The van der Waals surface area contributed by atoms with Crippen molar-refractivity contribution in [1.29, 1.82) is 0 Å². The molecule has 5 aromatic carbocycles. The lowest BCUT2D eigenvalue weighted by Crippen LogP contribution is -2.33. The molecule has 2 N–H and O–H groups in total. The van der Waals surface area contributed by atoms with Gasteiger partial charge >= 0.3 is 0 Å². The highest BCUT2D eigenvalue weighted by Gasteiger charge is 2.37. The van der Waals surface area contributed by atoms with Crippen LogP contribution in [0.4, 0.5) is 5.69 Å². The maximum atomic E-state index is 15.7. The van der Waals surface area contributed by atoms with Crippen LogP contribution in [0.5, 0.6) is 0 Å². The van der Waals surface area contributed by atoms with Gasteiger partial charge in [0.05, 0.1) is 5.31 Å². The highest BCUT2D eigenvalue weighted by molar-refractivity contribution is 7.87. The second-order valence-corrected chi connectivity index (χ2v) is 12.2. The Balaban J connectivity index is 1.80. The number of hydrogen-bond donors (Lipinski definition) is 2. The van der Waals surface area contributed by atoms with Crippen LogP contribution < -0.4 is 21.2 Å². The monoisotopic (exact) mass is 556 g/mol. The molecule has 0 aliphatic rings. The highest BCUT2D eigenvalue weighted by Crippen LogP contribution is 2.57. The molecule has 0 saturated carbocycles. The fourth-order valence-electron chi connectivity index (χ4n) is 4.59. The molecule has 41 heavy (non-hydrogen) atoms. The van der Waals surface area contributed by atoms with Gasteiger partial charge in [0.2, 0.25) is 0 Å². The number of benzene rings is 5. The largest absolute Gasteiger partial charge is 0.321 e. The molecule has 0 radical (unpaired) electrons. The standard InChI is InChI=1S/C35H29N2O3P/c1-26-22-24-29(25-23-26)36-35(39)32(37-34(38)28-16-8-3-9-17-28)33(27-14-6-2-7-15-27)41(40,30-18-10-4-11-19-30)31-20-12-5-13-21-31/h2-25H,1H3,(H,36,39)(H,37,38)/b33-32-. The van der Waals surface area contributed by atoms with Crippen LogP contribution in [0.25, 0.3) is 5.31 Å². The first-order valence-electron chi connectivity index (χ1n) is 13.2. The van der Waals surface area contributed by atoms with E-state index in [1.807, 2.05) is 91.9 Å². The minimum absolute atomic E-state index is 0.0818. The summed E-state index contributed by atoms with van der Waals surface area (Å²) < 4.78 is 15.7. The lowest BCUT2D eigenvalue weighted by molar-refractivity contribution is -0.113. The van der Waals surface area contributed by atoms with Crippen molar-refractivity contribution >= 4 is 40.6 Å². The van der Waals surface area contributed by atoms with Crippen molar-refractivity contribution in [3.63, 3.8) is 0 Å². The smallest absolute Gasteiger partial charge is 0.273 e. The van der Waals surface area contributed by atoms with Gasteiger partial charge in [-0.15, -0.1) is 0 Å². The summed E-state index contributed by atoms with van der Waals surface area (Å²) in [4.78, 5) is 27.8. The summed E-state index contributed by atoms with van der Waals surface area (Å²) in [6, 6.07) is 43.3. The zero-order valence-electron chi connectivity index (χ0n) is 22.5. The third kappa shape index (κ3) is 6.11. The minimum atomic E-state index is -3.72. The molecule has 0 heterocycles. The van der Waals surface area contributed by atoms with E-state index in [1.54, 1.807) is 60.7 Å². The first kappa shape index (κ1) is 27.6. The summed E-state index contributed by atoms with van der Waals surface area (Å²) in [5.41, 5.74) is 2.44. The first-order chi connectivity index (χ1) is 20.0. The number of amides is 2. The van der Waals surface area contributed by atoms with Crippen LogP contribution in [0.15, 0.2) is 151 Å². The molecule has 0 saturated heterocycles. The SMILES string of the molecule is Cc1ccc(NC(=O)/C(NC(=O)c2ccccc2)=C(\c2ccccc2)P(=O)(c2ccccc2)c2ccccc2)cc1. The molecule has 202 valence electrons. The van der Waals surface area contributed by atoms with E-state index in [1.165, 1.54) is 0 Å². The average molecular weight is 557 g/mol. The lowest BCUT2D eigenvalue weighted by atomic mass is 10.1. The van der Waals surface area contributed by atoms with Crippen LogP contribution in [-0.2, 0) is 9.36 Å². The van der Waals surface area contributed by atoms with Gasteiger partial charge in [-0.25, -0.2) is 0 Å². The second-order valence-electron chi connectivity index (χ2n) is 9.51. The molecule has 0 aromatic heterocycles. The van der Waals surface area contributed by atoms with Crippen molar-refractivity contribution in [2.75, 3.05) is 5.32 Å². The Labute approximate surface area is 240 Å². The molecular weight excluding hydrogens is 527 g/mol. The molecule has 0 fully saturated rings. The van der Waals surface area contributed by atoms with E-state index < -0.39 is 19.0 Å². The summed E-state index contributed by atoms with van der Waals surface area (Å²) in [5, 5.41) is 7.11. The van der Waals surface area contributed by atoms with E-state index in [2.05, 4.69) is 10.6 Å². The van der Waals surface area contributed by atoms with E-state index in [4.69, 9.17) is 0 Å². The third-order valence-electron chi connectivity index (χ3n) is 6.65. The quantitative estimate of drug-likeness (QED) is 0.164. The normalized spacial score (nSPS) is 11.7. The molecule has 0 aliphatic heterocycles. The number of nitrogens with one attached hydrogen (secondary N) is 2. The van der Waals surface area contributed by atoms with Gasteiger partial charge in [-0.2, -0.15) is 0 Å². The van der Waals surface area contributed by atoms with Crippen molar-refractivity contribution < 1.29 is 14.2 Å². The van der Waals surface area contributed by atoms with Crippen molar-refractivity contribution in [3.05, 3.63) is 168 Å². The van der Waals surface area contributed by atoms with Gasteiger partial charge in [0.1, 0.15) is 5.70 Å². The van der Waals surface area contributed by atoms with Crippen LogP contribution in [0.2, 0.25) is 0 Å². The van der Waals surface area contributed by atoms with Crippen LogP contribution >= 0.6 is 7.14 Å². The van der Waals surface area contributed by atoms with Crippen LogP contribution in [0, 0.1) is 6.92 Å². The van der Waals surface area contributed by atoms with E-state index >= 15 is 4.57 Å². The Morgan fingerprint density at radius 3 is 1.49 bits per heavy atom. The second kappa shape index (κ2) is 12.5. The highest BCUT2D eigenvalue weighted by atomic mass is 31.2. The molecule has 0 atom stereocenters. The van der Waals surface area contributed by atoms with Gasteiger partial charge in [0.15, 0.2) is 7.14 Å². The third-order valence-corrected chi connectivity index (χ3v) is 9.81. The Morgan fingerprint density at radius 1 is 0.561 bits per heavy atom. The topological polar surface area (TPSA) is 75.3 Å². The van der Waals surface area contributed by atoms with Crippen LogP contribution in [-0.4, -0.2) is 11.8 Å². The molecule has 0 aliphatic carbocycles. The van der Waals surface area contributed by atoms with E-state index in [0.29, 0.717) is 27.4 Å². The number of anilines is 1. The first-order valence-corrected chi connectivity index (χ1v) is 14.9. The Bertz CT molecular complexity index is 1680. The predicted molar refractivity (Wildman–Crippen MR) is 167 cm³/mol. The van der Waals surface area contributed by atoms with Crippen molar-refractivity contribution in [2.24, 2.45) is 0 Å². The average Bonchev–Trinajstić information content (AvgIpc) is 3.03. The molecule has 0 spiro atoms. The maximum absolute atomic E-state index is 15.7. The number of aryl methyl sites for hydroxylation is 1. The van der Waals surface area contributed by atoms with E-state index in [-0.39, 0.29) is 11.0 Å². The fourth-order valence-corrected chi connectivity index (χ4v) is 7.58. The van der Waals surface area contributed by atoms with Crippen molar-refractivity contribution in [1.82, 2.24) is 5.32 Å². The van der Waals surface area contributed by atoms with Gasteiger partial charge in [-0.1, -0.05) is 127 Å². The summed E-state index contributed by atoms with van der Waals surface area (Å²) in [6.45, 7) is 1.96. The lowest BCUT2D eigenvalue weighted by Gasteiger charge is -2.26. The predicted octanol–water partition coefficient (Wildman–Crippen LogP) is 6.75. The molecule has 0 unspecified atom stereocenters. The zero-order valence-corrected chi connectivity index (χ0v) is 23.4. The van der Waals surface area contributed by atoms with Crippen molar-refractivity contribution in [3.8, 4) is 0 Å². The van der Waals surface area contributed by atoms with Gasteiger partial charge in [0, 0.05) is 21.9 Å². The fraction of sp³-hybridized carbons (Fsp3) is 0.0286. The molecule has 5 rings (SSSR count). The summed E-state index contributed by atoms with van der Waals surface area (Å²) in [7, 11) is -3.72. The van der Waals surface area contributed by atoms with Crippen LogP contribution in [0.1, 0.15) is 21.5 Å². The number of rotatable bonds is 8.